The third kappa shape index (κ3) is 4.73. The van der Waals surface area contributed by atoms with Gasteiger partial charge in [0, 0.05) is 23.6 Å². The third-order valence-corrected chi connectivity index (χ3v) is 5.38. The van der Waals surface area contributed by atoms with Crippen molar-refractivity contribution in [3.05, 3.63) is 93.8 Å². The van der Waals surface area contributed by atoms with Crippen LogP contribution in [-0.2, 0) is 0 Å². The highest BCUT2D eigenvalue weighted by molar-refractivity contribution is 7.18. The molecular weight excluding hydrogens is 426 g/mol. The summed E-state index contributed by atoms with van der Waals surface area (Å²) >= 11 is 1.60. The van der Waals surface area contributed by atoms with E-state index < -0.39 is 11.8 Å². The third-order valence-electron chi connectivity index (χ3n) is 4.39. The Morgan fingerprint density at radius 1 is 1.16 bits per heavy atom. The van der Waals surface area contributed by atoms with Gasteiger partial charge in [-0.05, 0) is 36.8 Å². The second-order valence-electron chi connectivity index (χ2n) is 6.76. The number of anilines is 1. The second-order valence-corrected chi connectivity index (χ2v) is 8.02. The Kier molecular flexibility index (Phi) is 6.09. The number of nitrogens with one attached hydrogen (secondary N) is 3. The van der Waals surface area contributed by atoms with E-state index in [4.69, 9.17) is 9.83 Å². The van der Waals surface area contributed by atoms with Gasteiger partial charge in [0.1, 0.15) is 10.5 Å². The van der Waals surface area contributed by atoms with E-state index in [1.165, 1.54) is 11.1 Å². The van der Waals surface area contributed by atoms with Gasteiger partial charge in [0.25, 0.3) is 5.89 Å². The second kappa shape index (κ2) is 9.27. The van der Waals surface area contributed by atoms with Gasteiger partial charge >= 0.3 is 11.8 Å². The van der Waals surface area contributed by atoms with E-state index >= 15 is 0 Å². The van der Waals surface area contributed by atoms with Crippen molar-refractivity contribution in [2.45, 2.75) is 6.92 Å². The van der Waals surface area contributed by atoms with Gasteiger partial charge in [-0.3, -0.25) is 0 Å². The average molecular weight is 448 g/mol. The lowest BCUT2D eigenvalue weighted by Crippen LogP contribution is -2.29. The van der Waals surface area contributed by atoms with E-state index in [-0.39, 0.29) is 7.32 Å². The molecule has 0 unspecified atom stereocenters. The minimum absolute atomic E-state index is 0. The van der Waals surface area contributed by atoms with Crippen molar-refractivity contribution in [1.82, 2.24) is 14.8 Å². The molecule has 0 saturated heterocycles. The number of carbonyl (C=O) groups excluding carboxylic acids is 1. The van der Waals surface area contributed by atoms with Crippen molar-refractivity contribution in [3.63, 3.8) is 0 Å². The monoisotopic (exact) mass is 447 g/mol. The standard InChI is InChI=1S/C16H12N4O3S.C7H7N.H2/c1-9-7-10-8-12(18-14(10)24-9)13-19-20(16(22)23-13)15(21)17-11-5-3-2-4-6-11;8-6-7-4-2-1-3-5-7;/h2-8,18H,1H3,(H,17,21);1-6,8H;1H. The van der Waals surface area contributed by atoms with Crippen LogP contribution in [0.3, 0.4) is 0 Å². The number of hydrogen-bond donors (Lipinski definition) is 3. The molecule has 5 rings (SSSR count). The lowest BCUT2D eigenvalue weighted by molar-refractivity contribution is 0.249. The zero-order valence-corrected chi connectivity index (χ0v) is 17.8. The van der Waals surface area contributed by atoms with Crippen LogP contribution < -0.4 is 11.1 Å². The number of rotatable bonds is 3. The quantitative estimate of drug-likeness (QED) is 0.323. The van der Waals surface area contributed by atoms with Crippen LogP contribution in [0.4, 0.5) is 10.5 Å². The topological polar surface area (TPSA) is 117 Å². The molecule has 0 atom stereocenters. The summed E-state index contributed by atoms with van der Waals surface area (Å²) in [5.41, 5.74) is 2.07. The van der Waals surface area contributed by atoms with Gasteiger partial charge < -0.3 is 20.1 Å². The predicted molar refractivity (Wildman–Crippen MR) is 128 cm³/mol. The fourth-order valence-electron chi connectivity index (χ4n) is 2.93. The van der Waals surface area contributed by atoms with Crippen LogP contribution in [0.1, 0.15) is 11.9 Å². The maximum atomic E-state index is 12.2. The van der Waals surface area contributed by atoms with Crippen LogP contribution in [0.25, 0.3) is 21.8 Å². The number of amides is 1. The van der Waals surface area contributed by atoms with E-state index in [9.17, 15) is 9.59 Å². The van der Waals surface area contributed by atoms with E-state index in [1.807, 2.05) is 55.5 Å². The fraction of sp³-hybridized carbons (Fsp3) is 0.0435. The van der Waals surface area contributed by atoms with Crippen molar-refractivity contribution in [2.75, 3.05) is 5.32 Å². The summed E-state index contributed by atoms with van der Waals surface area (Å²) < 4.78 is 5.77. The summed E-state index contributed by atoms with van der Waals surface area (Å²) in [7, 11) is 0. The molecule has 1 amide bonds. The molecule has 0 aliphatic heterocycles. The molecule has 0 bridgehead atoms. The van der Waals surface area contributed by atoms with Crippen molar-refractivity contribution < 1.29 is 10.6 Å². The number of aromatic nitrogens is 3. The lowest BCUT2D eigenvalue weighted by Gasteiger charge is -2.01. The van der Waals surface area contributed by atoms with E-state index in [0.717, 1.165) is 15.8 Å². The molecule has 9 heteroatoms. The highest BCUT2D eigenvalue weighted by Gasteiger charge is 2.18. The first-order chi connectivity index (χ1) is 15.5. The molecular formula is C23H21N5O3S. The molecule has 0 fully saturated rings. The number of fused-ring (bicyclic) bond motifs is 1. The minimum atomic E-state index is -0.840. The van der Waals surface area contributed by atoms with Crippen molar-refractivity contribution >= 4 is 39.5 Å². The first-order valence-corrected chi connectivity index (χ1v) is 10.5. The van der Waals surface area contributed by atoms with Gasteiger partial charge in [-0.15, -0.1) is 21.1 Å². The largest absolute Gasteiger partial charge is 0.446 e. The van der Waals surface area contributed by atoms with Crippen LogP contribution in [0.2, 0.25) is 0 Å². The zero-order valence-electron chi connectivity index (χ0n) is 17.0. The minimum Gasteiger partial charge on any atom is -0.386 e. The Hall–Kier alpha value is -4.24. The molecule has 0 radical (unpaired) electrons. The SMILES string of the molecule is Cc1cc2cc(-c3nn(C(=O)Nc4ccccc4)c(=O)o3)[nH]c2s1.N=Cc1ccccc1.[HH]. The number of nitrogens with zero attached hydrogens (tertiary/aromatic N) is 2. The average Bonchev–Trinajstić information content (AvgIpc) is 3.48. The summed E-state index contributed by atoms with van der Waals surface area (Å²) in [5.74, 6) is -0.767. The molecule has 0 saturated carbocycles. The Morgan fingerprint density at radius 3 is 2.47 bits per heavy atom. The molecule has 5 aromatic rings. The van der Waals surface area contributed by atoms with Gasteiger partial charge in [0.2, 0.25) is 0 Å². The summed E-state index contributed by atoms with van der Waals surface area (Å²) in [4.78, 5) is 29.4. The van der Waals surface area contributed by atoms with Gasteiger partial charge in [-0.1, -0.05) is 48.5 Å². The van der Waals surface area contributed by atoms with Crippen molar-refractivity contribution in [3.8, 4) is 11.6 Å². The smallest absolute Gasteiger partial charge is 0.386 e. The van der Waals surface area contributed by atoms with Crippen molar-refractivity contribution in [1.29, 1.82) is 5.41 Å². The predicted octanol–water partition coefficient (Wildman–Crippen LogP) is 5.36. The van der Waals surface area contributed by atoms with Crippen LogP contribution >= 0.6 is 11.3 Å². The normalized spacial score (nSPS) is 10.4. The molecule has 3 aromatic heterocycles. The molecule has 2 aromatic carbocycles. The number of carbonyl (C=O) groups is 1. The zero-order chi connectivity index (χ0) is 22.5. The maximum Gasteiger partial charge on any atom is 0.446 e. The van der Waals surface area contributed by atoms with E-state index in [0.29, 0.717) is 16.1 Å². The van der Waals surface area contributed by atoms with Crippen LogP contribution in [-0.4, -0.2) is 27.0 Å². The molecule has 0 spiro atoms. The number of H-pyrrole nitrogens is 1. The van der Waals surface area contributed by atoms with Crippen LogP contribution in [0.15, 0.2) is 82.0 Å². The molecule has 0 aliphatic rings. The summed E-state index contributed by atoms with van der Waals surface area (Å²) in [6.07, 6.45) is 1.33. The molecule has 162 valence electrons. The Labute approximate surface area is 188 Å². The van der Waals surface area contributed by atoms with Gasteiger partial charge in [-0.25, -0.2) is 9.59 Å². The Morgan fingerprint density at radius 2 is 1.84 bits per heavy atom. The molecule has 8 nitrogen and oxygen atoms in total. The molecule has 3 N–H and O–H groups in total. The van der Waals surface area contributed by atoms with Gasteiger partial charge in [0.05, 0.1) is 0 Å². The molecule has 3 heterocycles. The fourth-order valence-corrected chi connectivity index (χ4v) is 3.83. The summed E-state index contributed by atoms with van der Waals surface area (Å²) in [6.45, 7) is 2.01. The summed E-state index contributed by atoms with van der Waals surface area (Å²) in [5, 5.41) is 14.4. The number of para-hydroxylation sites is 1. The number of hydrogen-bond acceptors (Lipinski definition) is 6. The van der Waals surface area contributed by atoms with E-state index in [1.54, 1.807) is 35.6 Å². The first-order valence-electron chi connectivity index (χ1n) is 9.65. The van der Waals surface area contributed by atoms with Crippen molar-refractivity contribution in [2.24, 2.45) is 0 Å². The van der Waals surface area contributed by atoms with E-state index in [2.05, 4.69) is 15.4 Å². The number of benzene rings is 2. The number of aryl methyl sites for hydroxylation is 1. The highest BCUT2D eigenvalue weighted by Crippen LogP contribution is 2.28. The van der Waals surface area contributed by atoms with Crippen LogP contribution in [0.5, 0.6) is 0 Å². The number of thiophene rings is 1. The summed E-state index contributed by atoms with van der Waals surface area (Å²) in [6, 6.07) is 21.6. The van der Waals surface area contributed by atoms with Gasteiger partial charge in [-0.2, -0.15) is 0 Å². The molecule has 0 aliphatic carbocycles. The lowest BCUT2D eigenvalue weighted by atomic mass is 10.2. The Bertz CT molecular complexity index is 1390. The Balaban J connectivity index is 0.000000290. The first kappa shape index (κ1) is 21.0. The van der Waals surface area contributed by atoms with Gasteiger partial charge in [0.15, 0.2) is 0 Å². The highest BCUT2D eigenvalue weighted by atomic mass is 32.1. The molecule has 32 heavy (non-hydrogen) atoms. The van der Waals surface area contributed by atoms with Crippen LogP contribution in [0, 0.1) is 12.3 Å². The number of aromatic amines is 1. The maximum absolute atomic E-state index is 12.2.